The van der Waals surface area contributed by atoms with E-state index in [1.807, 2.05) is 6.92 Å². The smallest absolute Gasteiger partial charge is 0.197 e. The Balaban J connectivity index is 1.90. The molecule has 2 aromatic rings. The fourth-order valence-corrected chi connectivity index (χ4v) is 3.64. The average molecular weight is 348 g/mol. The summed E-state index contributed by atoms with van der Waals surface area (Å²) in [6.07, 6.45) is 0.972. The number of aromatic nitrogens is 1. The van der Waals surface area contributed by atoms with Crippen LogP contribution in [0.15, 0.2) is 15.9 Å². The number of anilines is 2. The fourth-order valence-electron chi connectivity index (χ4n) is 1.48. The summed E-state index contributed by atoms with van der Waals surface area (Å²) >= 11 is 6.55. The molecule has 0 radical (unpaired) electrons. The first-order valence-electron chi connectivity index (χ1n) is 5.56. The van der Waals surface area contributed by atoms with Gasteiger partial charge in [-0.1, -0.05) is 0 Å². The second-order valence-corrected chi connectivity index (χ2v) is 6.86. The highest BCUT2D eigenvalue weighted by Gasteiger charge is 2.11. The lowest BCUT2D eigenvalue weighted by molar-refractivity contribution is 0.344. The summed E-state index contributed by atoms with van der Waals surface area (Å²) in [5.41, 5.74) is 5.74. The Bertz CT molecular complexity index is 512. The van der Waals surface area contributed by atoms with Gasteiger partial charge in [-0.15, -0.1) is 11.3 Å². The molecule has 0 aliphatic carbocycles. The van der Waals surface area contributed by atoms with Gasteiger partial charge in [0.15, 0.2) is 16.6 Å². The Hall–Kier alpha value is -0.790. The largest absolute Gasteiger partial charge is 0.487 e. The van der Waals surface area contributed by atoms with Crippen LogP contribution in [-0.2, 0) is 6.42 Å². The Labute approximate surface area is 122 Å². The number of hydrogen-bond acceptors (Lipinski definition) is 6. The maximum Gasteiger partial charge on any atom is 0.197 e. The molecule has 2 aromatic heterocycles. The molecule has 0 spiro atoms. The standard InChI is InChI=1S/C11H14BrN3OS2/c1-2-16-9-10(13)15-18-11(9)14-6-5-7-3-4-8(12)17-7/h3-4,14H,2,5-6H2,1H3,(H2,13,15). The van der Waals surface area contributed by atoms with Crippen LogP contribution in [0.4, 0.5) is 10.8 Å². The van der Waals surface area contributed by atoms with E-state index in [9.17, 15) is 0 Å². The van der Waals surface area contributed by atoms with E-state index < -0.39 is 0 Å². The number of thiophene rings is 1. The van der Waals surface area contributed by atoms with Gasteiger partial charge in [-0.3, -0.25) is 0 Å². The maximum atomic E-state index is 5.74. The van der Waals surface area contributed by atoms with Crippen LogP contribution < -0.4 is 15.8 Å². The van der Waals surface area contributed by atoms with E-state index in [1.54, 1.807) is 11.3 Å². The molecule has 4 nitrogen and oxygen atoms in total. The minimum atomic E-state index is 0.461. The van der Waals surface area contributed by atoms with Gasteiger partial charge in [0, 0.05) is 11.4 Å². The quantitative estimate of drug-likeness (QED) is 0.837. The highest BCUT2D eigenvalue weighted by Crippen LogP contribution is 2.35. The Kier molecular flexibility index (Phi) is 4.85. The number of hydrogen-bond donors (Lipinski definition) is 2. The zero-order valence-corrected chi connectivity index (χ0v) is 13.1. The molecule has 0 aliphatic heterocycles. The molecule has 2 rings (SSSR count). The van der Waals surface area contributed by atoms with Crippen molar-refractivity contribution >= 4 is 49.6 Å². The van der Waals surface area contributed by atoms with E-state index in [-0.39, 0.29) is 0 Å². The van der Waals surface area contributed by atoms with Crippen molar-refractivity contribution in [2.45, 2.75) is 13.3 Å². The van der Waals surface area contributed by atoms with E-state index >= 15 is 0 Å². The minimum absolute atomic E-state index is 0.461. The van der Waals surface area contributed by atoms with Crippen LogP contribution in [0.25, 0.3) is 0 Å². The summed E-state index contributed by atoms with van der Waals surface area (Å²) in [7, 11) is 0. The molecule has 0 amide bonds. The predicted octanol–water partition coefficient (Wildman–Crippen LogP) is 3.60. The number of nitrogen functional groups attached to an aromatic ring is 1. The molecule has 98 valence electrons. The molecule has 0 aliphatic rings. The molecule has 0 unspecified atom stereocenters. The van der Waals surface area contributed by atoms with Gasteiger partial charge in [0.05, 0.1) is 10.4 Å². The molecule has 0 atom stereocenters. The molecule has 3 N–H and O–H groups in total. The number of nitrogens with zero attached hydrogens (tertiary/aromatic N) is 1. The zero-order chi connectivity index (χ0) is 13.0. The lowest BCUT2D eigenvalue weighted by atomic mass is 10.3. The number of nitrogens with one attached hydrogen (secondary N) is 1. The first-order valence-corrected chi connectivity index (χ1v) is 7.95. The number of nitrogens with two attached hydrogens (primary N) is 1. The highest BCUT2D eigenvalue weighted by molar-refractivity contribution is 9.11. The third-order valence-electron chi connectivity index (χ3n) is 2.25. The molecule has 0 aromatic carbocycles. The Morgan fingerprint density at radius 2 is 2.33 bits per heavy atom. The van der Waals surface area contributed by atoms with Crippen molar-refractivity contribution in [2.24, 2.45) is 0 Å². The molecule has 2 heterocycles. The Morgan fingerprint density at radius 1 is 1.50 bits per heavy atom. The van der Waals surface area contributed by atoms with Gasteiger partial charge in [0.1, 0.15) is 0 Å². The van der Waals surface area contributed by atoms with E-state index in [2.05, 4.69) is 37.8 Å². The van der Waals surface area contributed by atoms with Crippen LogP contribution in [0.5, 0.6) is 5.75 Å². The van der Waals surface area contributed by atoms with Crippen LogP contribution in [-0.4, -0.2) is 17.5 Å². The highest BCUT2D eigenvalue weighted by atomic mass is 79.9. The van der Waals surface area contributed by atoms with E-state index in [0.717, 1.165) is 21.8 Å². The van der Waals surface area contributed by atoms with Gasteiger partial charge < -0.3 is 15.8 Å². The molecule has 0 bridgehead atoms. The summed E-state index contributed by atoms with van der Waals surface area (Å²) in [5, 5.41) is 4.23. The van der Waals surface area contributed by atoms with Crippen molar-refractivity contribution in [3.8, 4) is 5.75 Å². The van der Waals surface area contributed by atoms with Crippen molar-refractivity contribution in [2.75, 3.05) is 24.2 Å². The number of ether oxygens (including phenoxy) is 1. The van der Waals surface area contributed by atoms with Gasteiger partial charge in [-0.05, 0) is 52.9 Å². The van der Waals surface area contributed by atoms with Crippen molar-refractivity contribution < 1.29 is 4.74 Å². The summed E-state index contributed by atoms with van der Waals surface area (Å²) in [4.78, 5) is 1.34. The fraction of sp³-hybridized carbons (Fsp3) is 0.364. The van der Waals surface area contributed by atoms with E-state index in [4.69, 9.17) is 10.5 Å². The molecular formula is C11H14BrN3OS2. The predicted molar refractivity (Wildman–Crippen MR) is 81.9 cm³/mol. The molecule has 0 saturated heterocycles. The van der Waals surface area contributed by atoms with Crippen molar-refractivity contribution in [3.63, 3.8) is 0 Å². The van der Waals surface area contributed by atoms with Gasteiger partial charge in [-0.2, -0.15) is 4.37 Å². The van der Waals surface area contributed by atoms with Gasteiger partial charge in [0.25, 0.3) is 0 Å². The maximum absolute atomic E-state index is 5.74. The van der Waals surface area contributed by atoms with Crippen molar-refractivity contribution in [1.29, 1.82) is 0 Å². The van der Waals surface area contributed by atoms with Crippen LogP contribution in [0.3, 0.4) is 0 Å². The third-order valence-corrected chi connectivity index (χ3v) is 4.73. The average Bonchev–Trinajstić information content (AvgIpc) is 2.90. The first kappa shape index (κ1) is 13.6. The molecule has 7 heteroatoms. The van der Waals surface area contributed by atoms with Crippen molar-refractivity contribution in [3.05, 3.63) is 20.8 Å². The van der Waals surface area contributed by atoms with Gasteiger partial charge in [-0.25, -0.2) is 0 Å². The van der Waals surface area contributed by atoms with Gasteiger partial charge in [0.2, 0.25) is 0 Å². The van der Waals surface area contributed by atoms with Crippen LogP contribution in [0.2, 0.25) is 0 Å². The number of halogens is 1. The third kappa shape index (κ3) is 3.37. The second-order valence-electron chi connectivity index (χ2n) is 3.54. The summed E-state index contributed by atoms with van der Waals surface area (Å²) in [6, 6.07) is 4.19. The molecular weight excluding hydrogens is 334 g/mol. The van der Waals surface area contributed by atoms with E-state index in [0.29, 0.717) is 18.2 Å². The molecule has 0 saturated carbocycles. The lowest BCUT2D eigenvalue weighted by Crippen LogP contribution is -2.04. The minimum Gasteiger partial charge on any atom is -0.487 e. The molecule has 18 heavy (non-hydrogen) atoms. The summed E-state index contributed by atoms with van der Waals surface area (Å²) in [6.45, 7) is 3.37. The summed E-state index contributed by atoms with van der Waals surface area (Å²) < 4.78 is 10.7. The number of rotatable bonds is 6. The van der Waals surface area contributed by atoms with Crippen LogP contribution in [0.1, 0.15) is 11.8 Å². The first-order chi connectivity index (χ1) is 8.70. The normalized spacial score (nSPS) is 10.6. The van der Waals surface area contributed by atoms with Crippen LogP contribution in [0, 0.1) is 0 Å². The van der Waals surface area contributed by atoms with Crippen molar-refractivity contribution in [1.82, 2.24) is 4.37 Å². The molecule has 0 fully saturated rings. The Morgan fingerprint density at radius 3 is 3.00 bits per heavy atom. The SMILES string of the molecule is CCOc1c(N)nsc1NCCc1ccc(Br)s1. The van der Waals surface area contributed by atoms with Crippen LogP contribution >= 0.6 is 38.8 Å². The summed E-state index contributed by atoms with van der Waals surface area (Å²) in [5.74, 6) is 1.14. The monoisotopic (exact) mass is 347 g/mol. The van der Waals surface area contributed by atoms with Gasteiger partial charge >= 0.3 is 0 Å². The topological polar surface area (TPSA) is 60.2 Å². The lowest BCUT2D eigenvalue weighted by Gasteiger charge is -2.06. The second kappa shape index (κ2) is 6.40. The zero-order valence-electron chi connectivity index (χ0n) is 9.90. The van der Waals surface area contributed by atoms with E-state index in [1.165, 1.54) is 16.4 Å².